The summed E-state index contributed by atoms with van der Waals surface area (Å²) in [5.41, 5.74) is 3.06. The maximum atomic E-state index is 13.3. The van der Waals surface area contributed by atoms with Crippen molar-refractivity contribution in [2.45, 2.75) is 26.9 Å². The molecule has 4 aromatic rings. The second kappa shape index (κ2) is 7.80. The number of hydrogen-bond acceptors (Lipinski definition) is 4. The van der Waals surface area contributed by atoms with E-state index < -0.39 is 0 Å². The number of carbonyl (C=O) groups is 1. The number of benzene rings is 2. The minimum Gasteiger partial charge on any atom is -0.467 e. The SMILES string of the molecule is Cc1ccc2c(=O)cc(C(=O)N(Cc3ccccc3)Cc3ccco3)oc2c1C. The van der Waals surface area contributed by atoms with Gasteiger partial charge in [-0.1, -0.05) is 36.4 Å². The molecule has 1 amide bonds. The molecule has 0 unspecified atom stereocenters. The highest BCUT2D eigenvalue weighted by atomic mass is 16.3. The number of rotatable bonds is 5. The lowest BCUT2D eigenvalue weighted by atomic mass is 10.1. The molecule has 2 aromatic carbocycles. The Hall–Kier alpha value is -3.60. The van der Waals surface area contributed by atoms with E-state index in [-0.39, 0.29) is 23.6 Å². The monoisotopic (exact) mass is 387 g/mol. The molecule has 0 aliphatic carbocycles. The minimum absolute atomic E-state index is 0.0266. The largest absolute Gasteiger partial charge is 0.467 e. The van der Waals surface area contributed by atoms with Crippen LogP contribution >= 0.6 is 0 Å². The molecule has 4 rings (SSSR count). The first-order valence-corrected chi connectivity index (χ1v) is 9.42. The smallest absolute Gasteiger partial charge is 0.290 e. The van der Waals surface area contributed by atoms with Gasteiger partial charge in [-0.2, -0.15) is 0 Å². The van der Waals surface area contributed by atoms with E-state index in [4.69, 9.17) is 8.83 Å². The van der Waals surface area contributed by atoms with Gasteiger partial charge in [0.2, 0.25) is 0 Å². The van der Waals surface area contributed by atoms with Gasteiger partial charge in [-0.05, 0) is 48.7 Å². The Morgan fingerprint density at radius 3 is 2.48 bits per heavy atom. The van der Waals surface area contributed by atoms with Gasteiger partial charge in [-0.3, -0.25) is 9.59 Å². The third-order valence-electron chi connectivity index (χ3n) is 5.06. The lowest BCUT2D eigenvalue weighted by molar-refractivity contribution is 0.0686. The minimum atomic E-state index is -0.356. The van der Waals surface area contributed by atoms with Gasteiger partial charge in [-0.15, -0.1) is 0 Å². The third-order valence-corrected chi connectivity index (χ3v) is 5.06. The van der Waals surface area contributed by atoms with E-state index in [0.29, 0.717) is 23.3 Å². The fraction of sp³-hybridized carbons (Fsp3) is 0.167. The van der Waals surface area contributed by atoms with E-state index >= 15 is 0 Å². The summed E-state index contributed by atoms with van der Waals surface area (Å²) in [6.07, 6.45) is 1.57. The standard InChI is InChI=1S/C24H21NO4/c1-16-10-11-20-21(26)13-22(29-23(20)17(16)2)24(27)25(15-19-9-6-12-28-19)14-18-7-4-3-5-8-18/h3-13H,14-15H2,1-2H3. The third kappa shape index (κ3) is 3.85. The van der Waals surface area contributed by atoms with E-state index in [1.54, 1.807) is 23.3 Å². The number of fused-ring (bicyclic) bond motifs is 1. The second-order valence-electron chi connectivity index (χ2n) is 7.09. The summed E-state index contributed by atoms with van der Waals surface area (Å²) >= 11 is 0. The molecule has 29 heavy (non-hydrogen) atoms. The maximum Gasteiger partial charge on any atom is 0.290 e. The molecule has 0 aliphatic heterocycles. The Kier molecular flexibility index (Phi) is 5.04. The van der Waals surface area contributed by atoms with Crippen molar-refractivity contribution >= 4 is 16.9 Å². The molecular weight excluding hydrogens is 366 g/mol. The summed E-state index contributed by atoms with van der Waals surface area (Å²) in [4.78, 5) is 27.5. The molecule has 2 aromatic heterocycles. The predicted molar refractivity (Wildman–Crippen MR) is 111 cm³/mol. The highest BCUT2D eigenvalue weighted by Gasteiger charge is 2.22. The zero-order valence-electron chi connectivity index (χ0n) is 16.3. The van der Waals surface area contributed by atoms with Crippen molar-refractivity contribution in [3.05, 3.63) is 105 Å². The number of carbonyl (C=O) groups excluding carboxylic acids is 1. The molecule has 5 heteroatoms. The van der Waals surface area contributed by atoms with Gasteiger partial charge in [0.25, 0.3) is 5.91 Å². The Bertz CT molecular complexity index is 1210. The molecule has 2 heterocycles. The molecule has 0 fully saturated rings. The van der Waals surface area contributed by atoms with Crippen molar-refractivity contribution in [3.8, 4) is 0 Å². The topological polar surface area (TPSA) is 63.7 Å². The quantitative estimate of drug-likeness (QED) is 0.491. The molecule has 0 radical (unpaired) electrons. The van der Waals surface area contributed by atoms with Crippen LogP contribution in [0.5, 0.6) is 0 Å². The summed E-state index contributed by atoms with van der Waals surface area (Å²) in [6.45, 7) is 4.48. The van der Waals surface area contributed by atoms with Crippen molar-refractivity contribution in [1.82, 2.24) is 4.90 Å². The normalized spacial score (nSPS) is 11.0. The lowest BCUT2D eigenvalue weighted by Crippen LogP contribution is -2.30. The second-order valence-corrected chi connectivity index (χ2v) is 7.09. The van der Waals surface area contributed by atoms with Crippen molar-refractivity contribution in [2.24, 2.45) is 0 Å². The van der Waals surface area contributed by atoms with Gasteiger partial charge in [-0.25, -0.2) is 0 Å². The Balaban J connectivity index is 1.75. The van der Waals surface area contributed by atoms with Gasteiger partial charge in [0.05, 0.1) is 18.2 Å². The average molecular weight is 387 g/mol. The molecule has 0 spiro atoms. The first-order valence-electron chi connectivity index (χ1n) is 9.42. The predicted octanol–water partition coefficient (Wildman–Crippen LogP) is 4.85. The van der Waals surface area contributed by atoms with Crippen LogP contribution in [0.2, 0.25) is 0 Å². The molecule has 146 valence electrons. The highest BCUT2D eigenvalue weighted by molar-refractivity contribution is 5.93. The first kappa shape index (κ1) is 18.7. The van der Waals surface area contributed by atoms with Gasteiger partial charge >= 0.3 is 0 Å². The fourth-order valence-electron chi connectivity index (χ4n) is 3.31. The molecule has 0 saturated carbocycles. The summed E-state index contributed by atoms with van der Waals surface area (Å²) in [7, 11) is 0. The zero-order chi connectivity index (χ0) is 20.4. The van der Waals surface area contributed by atoms with Crippen LogP contribution in [0.15, 0.2) is 80.6 Å². The number of hydrogen-bond donors (Lipinski definition) is 0. The Morgan fingerprint density at radius 2 is 1.76 bits per heavy atom. The van der Waals surface area contributed by atoms with Gasteiger partial charge in [0.1, 0.15) is 11.3 Å². The highest BCUT2D eigenvalue weighted by Crippen LogP contribution is 2.22. The van der Waals surface area contributed by atoms with Gasteiger partial charge in [0.15, 0.2) is 11.2 Å². The lowest BCUT2D eigenvalue weighted by Gasteiger charge is -2.21. The molecule has 0 saturated heterocycles. The van der Waals surface area contributed by atoms with Crippen molar-refractivity contribution in [1.29, 1.82) is 0 Å². The molecular formula is C24H21NO4. The van der Waals surface area contributed by atoms with Crippen molar-refractivity contribution in [3.63, 3.8) is 0 Å². The van der Waals surface area contributed by atoms with Crippen LogP contribution in [0, 0.1) is 13.8 Å². The van der Waals surface area contributed by atoms with Crippen LogP contribution in [0.25, 0.3) is 11.0 Å². The summed E-state index contributed by atoms with van der Waals surface area (Å²) in [6, 6.07) is 18.2. The first-order chi connectivity index (χ1) is 14.0. The summed E-state index contributed by atoms with van der Waals surface area (Å²) < 4.78 is 11.4. The van der Waals surface area contributed by atoms with Crippen LogP contribution in [0.1, 0.15) is 33.0 Å². The molecule has 0 bridgehead atoms. The van der Waals surface area contributed by atoms with Crippen LogP contribution in [-0.4, -0.2) is 10.8 Å². The van der Waals surface area contributed by atoms with Crippen LogP contribution in [0.3, 0.4) is 0 Å². The van der Waals surface area contributed by atoms with Gasteiger partial charge < -0.3 is 13.7 Å². The maximum absolute atomic E-state index is 13.3. The summed E-state index contributed by atoms with van der Waals surface area (Å²) in [5.74, 6) is 0.327. The molecule has 0 atom stereocenters. The molecule has 5 nitrogen and oxygen atoms in total. The van der Waals surface area contributed by atoms with Gasteiger partial charge in [0, 0.05) is 12.6 Å². The average Bonchev–Trinajstić information content (AvgIpc) is 3.24. The van der Waals surface area contributed by atoms with Crippen LogP contribution in [0.4, 0.5) is 0 Å². The van der Waals surface area contributed by atoms with Crippen LogP contribution in [-0.2, 0) is 13.1 Å². The zero-order valence-corrected chi connectivity index (χ0v) is 16.3. The van der Waals surface area contributed by atoms with E-state index in [1.807, 2.05) is 56.3 Å². The van der Waals surface area contributed by atoms with E-state index in [9.17, 15) is 9.59 Å². The number of furan rings is 1. The Morgan fingerprint density at radius 1 is 0.966 bits per heavy atom. The number of amides is 1. The van der Waals surface area contributed by atoms with Crippen LogP contribution < -0.4 is 5.43 Å². The van der Waals surface area contributed by atoms with Crippen molar-refractivity contribution < 1.29 is 13.6 Å². The van der Waals surface area contributed by atoms with Crippen molar-refractivity contribution in [2.75, 3.05) is 0 Å². The summed E-state index contributed by atoms with van der Waals surface area (Å²) in [5, 5.41) is 0.477. The molecule has 0 N–H and O–H groups in total. The molecule has 0 aliphatic rings. The van der Waals surface area contributed by atoms with E-state index in [1.165, 1.54) is 6.07 Å². The van der Waals surface area contributed by atoms with E-state index in [0.717, 1.165) is 16.7 Å². The number of nitrogens with zero attached hydrogens (tertiary/aromatic N) is 1. The van der Waals surface area contributed by atoms with E-state index in [2.05, 4.69) is 0 Å². The number of aryl methyl sites for hydroxylation is 2. The fourth-order valence-corrected chi connectivity index (χ4v) is 3.31. The Labute approximate surface area is 168 Å².